The van der Waals surface area contributed by atoms with Gasteiger partial charge in [0, 0.05) is 12.1 Å². The molecule has 2 atom stereocenters. The highest BCUT2D eigenvalue weighted by atomic mass is 19.4. The number of nitrogens with one attached hydrogen (secondary N) is 1. The molecule has 2 saturated carbocycles. The molecule has 0 aromatic rings. The fourth-order valence-corrected chi connectivity index (χ4v) is 4.72. The fourth-order valence-electron chi connectivity index (χ4n) is 4.72. The number of hydrogen-bond donors (Lipinski definition) is 1. The minimum absolute atomic E-state index is 0.0688. The van der Waals surface area contributed by atoms with Crippen LogP contribution in [0.25, 0.3) is 0 Å². The van der Waals surface area contributed by atoms with E-state index in [-0.39, 0.29) is 51.4 Å². The van der Waals surface area contributed by atoms with E-state index in [0.29, 0.717) is 17.7 Å². The molecule has 1 N–H and O–H groups in total. The topological polar surface area (TPSA) is 45.6 Å². The van der Waals surface area contributed by atoms with Crippen molar-refractivity contribution in [3.63, 3.8) is 0 Å². The Balaban J connectivity index is 2.64. The van der Waals surface area contributed by atoms with E-state index in [1.807, 2.05) is 0 Å². The summed E-state index contributed by atoms with van der Waals surface area (Å²) in [5.74, 6) is -24.9. The Morgan fingerprint density at radius 3 is 1.19 bits per heavy atom. The first kappa shape index (κ1) is 36.4. The predicted octanol–water partition coefficient (Wildman–Crippen LogP) is 8.80. The summed E-state index contributed by atoms with van der Waals surface area (Å²) >= 11 is 0. The molecule has 2 fully saturated rings. The molecule has 0 bridgehead atoms. The minimum Gasteiger partial charge on any atom is -0.349 e. The van der Waals surface area contributed by atoms with E-state index >= 15 is 4.39 Å². The van der Waals surface area contributed by atoms with Gasteiger partial charge < -0.3 is 4.90 Å². The normalized spacial score (nSPS) is 22.4. The van der Waals surface area contributed by atoms with Crippen LogP contribution in [-0.2, 0) is 9.47 Å². The van der Waals surface area contributed by atoms with Crippen LogP contribution in [0.1, 0.15) is 64.2 Å². The van der Waals surface area contributed by atoms with Gasteiger partial charge in [-0.2, -0.15) is 74.6 Å². The zero-order valence-electron chi connectivity index (χ0n) is 20.9. The first-order valence-electron chi connectivity index (χ1n) is 12.2. The van der Waals surface area contributed by atoms with Crippen LogP contribution < -0.4 is 0 Å². The molecule has 21 heteroatoms. The quantitative estimate of drug-likeness (QED) is 0.153. The number of rotatable bonds is 9. The van der Waals surface area contributed by atoms with Gasteiger partial charge in [-0.1, -0.05) is 38.5 Å². The van der Waals surface area contributed by atoms with Crippen molar-refractivity contribution < 1.29 is 84.1 Å². The maximum atomic E-state index is 15.5. The molecule has 0 spiro atoms. The maximum absolute atomic E-state index is 15.5. The van der Waals surface area contributed by atoms with Gasteiger partial charge in [-0.25, -0.2) is 0 Å². The summed E-state index contributed by atoms with van der Waals surface area (Å²) in [6, 6.07) is -2.40. The second kappa shape index (κ2) is 11.6. The first-order valence-corrected chi connectivity index (χ1v) is 12.2. The molecule has 0 aromatic heterocycles. The van der Waals surface area contributed by atoms with Crippen molar-refractivity contribution in [2.24, 2.45) is 0 Å². The number of ether oxygens (including phenoxy) is 2. The van der Waals surface area contributed by atoms with Gasteiger partial charge in [0.2, 0.25) is 0 Å². The van der Waals surface area contributed by atoms with E-state index in [1.165, 1.54) is 0 Å². The van der Waals surface area contributed by atoms with Crippen LogP contribution in [0.15, 0.2) is 0 Å². The predicted molar refractivity (Wildman–Crippen MR) is 106 cm³/mol. The Bertz CT molecular complexity index is 921. The van der Waals surface area contributed by atoms with Crippen LogP contribution in [-0.4, -0.2) is 71.2 Å². The van der Waals surface area contributed by atoms with E-state index in [1.54, 1.807) is 4.74 Å². The highest BCUT2D eigenvalue weighted by Gasteiger charge is 2.85. The van der Waals surface area contributed by atoms with Crippen molar-refractivity contribution in [1.82, 2.24) is 4.90 Å². The lowest BCUT2D eigenvalue weighted by atomic mass is 9.88. The van der Waals surface area contributed by atoms with Crippen LogP contribution in [0.2, 0.25) is 0 Å². The monoisotopic (exact) mass is 658 g/mol. The maximum Gasteiger partial charge on any atom is 0.462 e. The second-order valence-corrected chi connectivity index (χ2v) is 9.84. The average Bonchev–Trinajstić information content (AvgIpc) is 2.82. The van der Waals surface area contributed by atoms with Crippen molar-refractivity contribution >= 4 is 5.84 Å². The summed E-state index contributed by atoms with van der Waals surface area (Å²) in [6.45, 7) is 0. The molecule has 2 rings (SSSR count). The summed E-state index contributed by atoms with van der Waals surface area (Å²) < 4.78 is 235. The van der Waals surface area contributed by atoms with Gasteiger partial charge in [-0.3, -0.25) is 14.9 Å². The van der Waals surface area contributed by atoms with Crippen molar-refractivity contribution in [3.05, 3.63) is 0 Å². The summed E-state index contributed by atoms with van der Waals surface area (Å²) in [6.07, 6.45) is -36.3. The van der Waals surface area contributed by atoms with Crippen LogP contribution in [0.3, 0.4) is 0 Å². The summed E-state index contributed by atoms with van der Waals surface area (Å²) in [5.41, 5.74) is 0. The number of hydrogen-bond acceptors (Lipinski definition) is 3. The standard InChI is InChI=1S/C21H23F17N2O2/c22-14(17(26,27)28,13(39)40(11-7-3-1-4-8-11)12-9-5-2-6-10-12)41-21(37,38)16(25,19(32,33)34)42-20(35,36)15(23,24)18(29,30)31/h11-12,39H,1-10H2/t14-,16-/m0/s1. The SMILES string of the molecule is N=C(N(C1CCCCC1)C1CCCCC1)[C@](F)(OC(F)(F)[C@@](F)(OC(F)(F)C(F)(F)C(F)(F)F)C(F)(F)F)C(F)(F)F. The number of nitrogens with zero attached hydrogens (tertiary/aromatic N) is 1. The molecule has 0 aromatic carbocycles. The lowest BCUT2D eigenvalue weighted by Crippen LogP contribution is -2.69. The Kier molecular flexibility index (Phi) is 10.1. The summed E-state index contributed by atoms with van der Waals surface area (Å²) in [7, 11) is 0. The lowest BCUT2D eigenvalue weighted by Gasteiger charge is -2.47. The molecule has 248 valence electrons. The fraction of sp³-hybridized carbons (Fsp3) is 0.952. The number of halogens is 17. The van der Waals surface area contributed by atoms with Crippen LogP contribution in [0, 0.1) is 5.41 Å². The third-order valence-electron chi connectivity index (χ3n) is 6.86. The number of amidine groups is 1. The van der Waals surface area contributed by atoms with E-state index < -0.39 is 66.3 Å². The summed E-state index contributed by atoms with van der Waals surface area (Å²) in [5, 5.41) is 7.84. The lowest BCUT2D eigenvalue weighted by molar-refractivity contribution is -0.547. The van der Waals surface area contributed by atoms with Crippen LogP contribution in [0.5, 0.6) is 0 Å². The van der Waals surface area contributed by atoms with Gasteiger partial charge >= 0.3 is 48.4 Å². The van der Waals surface area contributed by atoms with Gasteiger partial charge in [0.05, 0.1) is 0 Å². The Labute approximate surface area is 226 Å². The number of alkyl halides is 17. The largest absolute Gasteiger partial charge is 0.462 e. The molecule has 0 heterocycles. The first-order chi connectivity index (χ1) is 18.7. The third-order valence-corrected chi connectivity index (χ3v) is 6.86. The highest BCUT2D eigenvalue weighted by molar-refractivity contribution is 5.88. The molecule has 2 aliphatic carbocycles. The molecule has 0 saturated heterocycles. The zero-order chi connectivity index (χ0) is 32.8. The molecule has 0 radical (unpaired) electrons. The van der Waals surface area contributed by atoms with Crippen molar-refractivity contribution in [3.8, 4) is 0 Å². The van der Waals surface area contributed by atoms with Gasteiger partial charge in [-0.15, -0.1) is 0 Å². The van der Waals surface area contributed by atoms with Gasteiger partial charge in [0.15, 0.2) is 5.84 Å². The van der Waals surface area contributed by atoms with Crippen molar-refractivity contribution in [2.75, 3.05) is 0 Å². The zero-order valence-corrected chi connectivity index (χ0v) is 20.9. The molecule has 4 nitrogen and oxygen atoms in total. The smallest absolute Gasteiger partial charge is 0.349 e. The average molecular weight is 658 g/mol. The third kappa shape index (κ3) is 6.64. The highest BCUT2D eigenvalue weighted by Crippen LogP contribution is 2.57. The van der Waals surface area contributed by atoms with E-state index in [0.717, 1.165) is 0 Å². The molecule has 2 aliphatic rings. The van der Waals surface area contributed by atoms with Gasteiger partial charge in [0.25, 0.3) is 0 Å². The molecular formula is C21H23F17N2O2. The molecule has 42 heavy (non-hydrogen) atoms. The molecular weight excluding hydrogens is 635 g/mol. The van der Waals surface area contributed by atoms with Crippen LogP contribution >= 0.6 is 0 Å². The Morgan fingerprint density at radius 1 is 0.500 bits per heavy atom. The Morgan fingerprint density at radius 2 is 0.881 bits per heavy atom. The van der Waals surface area contributed by atoms with Crippen molar-refractivity contribution in [2.45, 2.75) is 125 Å². The van der Waals surface area contributed by atoms with Gasteiger partial charge in [0.1, 0.15) is 0 Å². The minimum atomic E-state index is -7.96. The summed E-state index contributed by atoms with van der Waals surface area (Å²) in [4.78, 5) is 0.322. The Hall–Kier alpha value is -1.80. The van der Waals surface area contributed by atoms with E-state index in [4.69, 9.17) is 5.41 Å². The van der Waals surface area contributed by atoms with Crippen LogP contribution in [0.4, 0.5) is 74.6 Å². The van der Waals surface area contributed by atoms with Gasteiger partial charge in [-0.05, 0) is 25.7 Å². The molecule has 0 unspecified atom stereocenters. The van der Waals surface area contributed by atoms with E-state index in [2.05, 4.69) is 4.74 Å². The molecule has 0 amide bonds. The second-order valence-electron chi connectivity index (χ2n) is 9.84. The molecule has 0 aliphatic heterocycles. The van der Waals surface area contributed by atoms with Crippen molar-refractivity contribution in [1.29, 1.82) is 5.41 Å². The van der Waals surface area contributed by atoms with E-state index in [9.17, 15) is 70.2 Å².